The van der Waals surface area contributed by atoms with Crippen LogP contribution < -0.4 is 0 Å². The zero-order chi connectivity index (χ0) is 13.5. The summed E-state index contributed by atoms with van der Waals surface area (Å²) in [6.07, 6.45) is 1.94. The van der Waals surface area contributed by atoms with Crippen molar-refractivity contribution in [3.63, 3.8) is 0 Å². The maximum Gasteiger partial charge on any atom is 0.233 e. The standard InChI is InChI=1S/C15H19ClN2O/c1-17-8-10-18(11-9-17)14(19)15(6-7-15)12-2-4-13(16)5-3-12/h2-5H,6-11H2,1H3. The van der Waals surface area contributed by atoms with E-state index in [4.69, 9.17) is 11.6 Å². The van der Waals surface area contributed by atoms with Gasteiger partial charge in [-0.15, -0.1) is 0 Å². The second-order valence-corrected chi connectivity index (χ2v) is 6.12. The van der Waals surface area contributed by atoms with Gasteiger partial charge in [0.2, 0.25) is 5.91 Å². The summed E-state index contributed by atoms with van der Waals surface area (Å²) in [6.45, 7) is 3.65. The molecule has 0 spiro atoms. The monoisotopic (exact) mass is 278 g/mol. The Kier molecular flexibility index (Phi) is 3.27. The molecule has 1 aliphatic carbocycles. The Morgan fingerprint density at radius 3 is 2.21 bits per heavy atom. The van der Waals surface area contributed by atoms with Gasteiger partial charge >= 0.3 is 0 Å². The van der Waals surface area contributed by atoms with Crippen LogP contribution in [-0.4, -0.2) is 48.9 Å². The van der Waals surface area contributed by atoms with E-state index in [9.17, 15) is 4.79 Å². The van der Waals surface area contributed by atoms with Gasteiger partial charge in [-0.2, -0.15) is 0 Å². The summed E-state index contributed by atoms with van der Waals surface area (Å²) in [7, 11) is 2.11. The largest absolute Gasteiger partial charge is 0.339 e. The van der Waals surface area contributed by atoms with Gasteiger partial charge < -0.3 is 9.80 Å². The molecule has 0 bridgehead atoms. The molecule has 1 heterocycles. The molecule has 0 aromatic heterocycles. The number of amides is 1. The molecule has 0 atom stereocenters. The Hall–Kier alpha value is -1.06. The molecule has 1 amide bonds. The quantitative estimate of drug-likeness (QED) is 0.828. The zero-order valence-corrected chi connectivity index (χ0v) is 12.0. The van der Waals surface area contributed by atoms with Gasteiger partial charge in [-0.3, -0.25) is 4.79 Å². The number of likely N-dealkylation sites (N-methyl/N-ethyl adjacent to an activating group) is 1. The van der Waals surface area contributed by atoms with Crippen LogP contribution in [0.5, 0.6) is 0 Å². The highest BCUT2D eigenvalue weighted by Gasteiger charge is 2.53. The van der Waals surface area contributed by atoms with Gasteiger partial charge in [0.15, 0.2) is 0 Å². The number of carbonyl (C=O) groups excluding carboxylic acids is 1. The summed E-state index contributed by atoms with van der Waals surface area (Å²) in [4.78, 5) is 17.0. The highest BCUT2D eigenvalue weighted by Crippen LogP contribution is 2.49. The van der Waals surface area contributed by atoms with Crippen molar-refractivity contribution in [1.29, 1.82) is 0 Å². The number of hydrogen-bond acceptors (Lipinski definition) is 2. The van der Waals surface area contributed by atoms with Crippen molar-refractivity contribution in [3.8, 4) is 0 Å². The minimum absolute atomic E-state index is 0.250. The number of nitrogens with zero attached hydrogens (tertiary/aromatic N) is 2. The van der Waals surface area contributed by atoms with Crippen molar-refractivity contribution in [2.45, 2.75) is 18.3 Å². The Bertz CT molecular complexity index is 473. The summed E-state index contributed by atoms with van der Waals surface area (Å²) < 4.78 is 0. The van der Waals surface area contributed by atoms with Gasteiger partial charge in [-0.05, 0) is 37.6 Å². The third kappa shape index (κ3) is 2.37. The Morgan fingerprint density at radius 2 is 1.68 bits per heavy atom. The molecule has 2 aliphatic rings. The van der Waals surface area contributed by atoms with Crippen LogP contribution in [0.1, 0.15) is 18.4 Å². The van der Waals surface area contributed by atoms with Crippen LogP contribution >= 0.6 is 11.6 Å². The molecule has 0 radical (unpaired) electrons. The number of halogens is 1. The number of carbonyl (C=O) groups is 1. The fourth-order valence-corrected chi connectivity index (χ4v) is 2.96. The maximum absolute atomic E-state index is 12.7. The highest BCUT2D eigenvalue weighted by atomic mass is 35.5. The van der Waals surface area contributed by atoms with Gasteiger partial charge in [0.1, 0.15) is 0 Å². The molecule has 3 rings (SSSR count). The predicted octanol–water partition coefficient (Wildman–Crippen LogP) is 2.15. The lowest BCUT2D eigenvalue weighted by atomic mass is 9.94. The van der Waals surface area contributed by atoms with Gasteiger partial charge in [0.05, 0.1) is 5.41 Å². The first-order chi connectivity index (χ1) is 9.12. The fraction of sp³-hybridized carbons (Fsp3) is 0.533. The van der Waals surface area contributed by atoms with Crippen LogP contribution in [0.3, 0.4) is 0 Å². The molecule has 1 aromatic rings. The topological polar surface area (TPSA) is 23.6 Å². The first-order valence-corrected chi connectivity index (χ1v) is 7.24. The summed E-state index contributed by atoms with van der Waals surface area (Å²) in [5.74, 6) is 0.308. The summed E-state index contributed by atoms with van der Waals surface area (Å²) in [5.41, 5.74) is 0.876. The molecule has 0 N–H and O–H groups in total. The average Bonchev–Trinajstić information content (AvgIpc) is 3.21. The molecule has 1 aromatic carbocycles. The van der Waals surface area contributed by atoms with E-state index in [1.54, 1.807) is 0 Å². The minimum atomic E-state index is -0.250. The maximum atomic E-state index is 12.7. The second kappa shape index (κ2) is 4.80. The third-order valence-electron chi connectivity index (χ3n) is 4.35. The Labute approximate surface area is 119 Å². The lowest BCUT2D eigenvalue weighted by molar-refractivity contribution is -0.135. The summed E-state index contributed by atoms with van der Waals surface area (Å²) in [6, 6.07) is 7.77. The van der Waals surface area contributed by atoms with E-state index < -0.39 is 0 Å². The number of hydrogen-bond donors (Lipinski definition) is 0. The van der Waals surface area contributed by atoms with E-state index in [0.29, 0.717) is 5.91 Å². The first kappa shape index (κ1) is 12.9. The Morgan fingerprint density at radius 1 is 1.11 bits per heavy atom. The van der Waals surface area contributed by atoms with Crippen LogP contribution in [0.4, 0.5) is 0 Å². The lowest BCUT2D eigenvalue weighted by Gasteiger charge is -2.35. The smallest absolute Gasteiger partial charge is 0.233 e. The number of benzene rings is 1. The van der Waals surface area contributed by atoms with Crippen LogP contribution in [-0.2, 0) is 10.2 Å². The molecule has 19 heavy (non-hydrogen) atoms. The van der Waals surface area contributed by atoms with Gasteiger partial charge in [-0.25, -0.2) is 0 Å². The molecular formula is C15H19ClN2O. The zero-order valence-electron chi connectivity index (χ0n) is 11.2. The van der Waals surface area contributed by atoms with Gasteiger partial charge in [-0.1, -0.05) is 23.7 Å². The molecule has 1 aliphatic heterocycles. The fourth-order valence-electron chi connectivity index (χ4n) is 2.83. The van der Waals surface area contributed by atoms with E-state index >= 15 is 0 Å². The van der Waals surface area contributed by atoms with Crippen molar-refractivity contribution < 1.29 is 4.79 Å². The third-order valence-corrected chi connectivity index (χ3v) is 4.60. The van der Waals surface area contributed by atoms with Gasteiger partial charge in [0, 0.05) is 31.2 Å². The molecule has 0 unspecified atom stereocenters. The van der Waals surface area contributed by atoms with Crippen molar-refractivity contribution in [1.82, 2.24) is 9.80 Å². The van der Waals surface area contributed by atoms with Crippen LogP contribution in [0.15, 0.2) is 24.3 Å². The predicted molar refractivity (Wildman–Crippen MR) is 76.4 cm³/mol. The van der Waals surface area contributed by atoms with Crippen molar-refractivity contribution >= 4 is 17.5 Å². The molecule has 2 fully saturated rings. The van der Waals surface area contributed by atoms with Crippen LogP contribution in [0.25, 0.3) is 0 Å². The van der Waals surface area contributed by atoms with Crippen molar-refractivity contribution in [3.05, 3.63) is 34.9 Å². The molecule has 1 saturated heterocycles. The van der Waals surface area contributed by atoms with E-state index in [2.05, 4.69) is 11.9 Å². The normalized spacial score (nSPS) is 22.3. The minimum Gasteiger partial charge on any atom is -0.339 e. The number of piperazine rings is 1. The van der Waals surface area contributed by atoms with E-state index in [0.717, 1.165) is 49.6 Å². The molecule has 3 nitrogen and oxygen atoms in total. The second-order valence-electron chi connectivity index (χ2n) is 5.68. The lowest BCUT2D eigenvalue weighted by Crippen LogP contribution is -2.50. The first-order valence-electron chi connectivity index (χ1n) is 6.86. The molecule has 4 heteroatoms. The van der Waals surface area contributed by atoms with E-state index in [-0.39, 0.29) is 5.41 Å². The summed E-state index contributed by atoms with van der Waals surface area (Å²) >= 11 is 5.93. The Balaban J connectivity index is 1.77. The highest BCUT2D eigenvalue weighted by molar-refractivity contribution is 6.30. The van der Waals surface area contributed by atoms with Crippen molar-refractivity contribution in [2.75, 3.05) is 33.2 Å². The summed E-state index contributed by atoms with van der Waals surface area (Å²) in [5, 5.41) is 0.728. The molecule has 102 valence electrons. The average molecular weight is 279 g/mol. The number of rotatable bonds is 2. The molecular weight excluding hydrogens is 260 g/mol. The van der Waals surface area contributed by atoms with Crippen LogP contribution in [0, 0.1) is 0 Å². The van der Waals surface area contributed by atoms with Gasteiger partial charge in [0.25, 0.3) is 0 Å². The van der Waals surface area contributed by atoms with E-state index in [1.807, 2.05) is 29.2 Å². The molecule has 1 saturated carbocycles. The van der Waals surface area contributed by atoms with E-state index in [1.165, 1.54) is 0 Å². The van der Waals surface area contributed by atoms with Crippen molar-refractivity contribution in [2.24, 2.45) is 0 Å². The SMILES string of the molecule is CN1CCN(C(=O)C2(c3ccc(Cl)cc3)CC2)CC1. The van der Waals surface area contributed by atoms with Crippen LogP contribution in [0.2, 0.25) is 5.02 Å².